The first-order valence-electron chi connectivity index (χ1n) is 4.80. The van der Waals surface area contributed by atoms with Gasteiger partial charge in [0.05, 0.1) is 13.2 Å². The molecule has 0 unspecified atom stereocenters. The fourth-order valence-electron chi connectivity index (χ4n) is 0.781. The Balaban J connectivity index is 3.35. The number of hydrogen-bond acceptors (Lipinski definition) is 4. The van der Waals surface area contributed by atoms with Crippen LogP contribution in [0.1, 0.15) is 20.3 Å². The van der Waals surface area contributed by atoms with Crippen molar-refractivity contribution in [2.75, 3.05) is 20.3 Å². The summed E-state index contributed by atoms with van der Waals surface area (Å²) in [4.78, 5) is 10.7. The van der Waals surface area contributed by atoms with Crippen molar-refractivity contribution in [1.29, 1.82) is 0 Å². The van der Waals surface area contributed by atoms with E-state index in [0.29, 0.717) is 13.2 Å². The zero-order valence-corrected chi connectivity index (χ0v) is 10.1. The van der Waals surface area contributed by atoms with Gasteiger partial charge < -0.3 is 14.8 Å². The summed E-state index contributed by atoms with van der Waals surface area (Å²) in [6.45, 7) is 5.30. The lowest BCUT2D eigenvalue weighted by molar-refractivity contribution is 0.0777. The second-order valence-electron chi connectivity index (χ2n) is 3.15. The van der Waals surface area contributed by atoms with E-state index in [1.807, 2.05) is 13.8 Å². The van der Waals surface area contributed by atoms with Gasteiger partial charge in [0.2, 0.25) is 0 Å². The van der Waals surface area contributed by atoms with Crippen LogP contribution in [0.25, 0.3) is 0 Å². The van der Waals surface area contributed by atoms with E-state index in [9.17, 15) is 4.79 Å². The molecule has 15 heavy (non-hydrogen) atoms. The SMILES string of the molecule is COC(=O)NC(=S)NCCCOC(C)C. The summed E-state index contributed by atoms with van der Waals surface area (Å²) >= 11 is 4.83. The summed E-state index contributed by atoms with van der Waals surface area (Å²) in [7, 11) is 1.29. The minimum Gasteiger partial charge on any atom is -0.453 e. The van der Waals surface area contributed by atoms with E-state index < -0.39 is 6.09 Å². The molecule has 0 saturated carbocycles. The summed E-state index contributed by atoms with van der Waals surface area (Å²) in [6.07, 6.45) is 0.511. The molecule has 6 heteroatoms. The van der Waals surface area contributed by atoms with Crippen LogP contribution < -0.4 is 10.6 Å². The zero-order chi connectivity index (χ0) is 11.7. The lowest BCUT2D eigenvalue weighted by Gasteiger charge is -2.09. The van der Waals surface area contributed by atoms with Crippen LogP contribution in [0.15, 0.2) is 0 Å². The van der Waals surface area contributed by atoms with E-state index >= 15 is 0 Å². The van der Waals surface area contributed by atoms with Gasteiger partial charge in [0.15, 0.2) is 5.11 Å². The fraction of sp³-hybridized carbons (Fsp3) is 0.778. The fourth-order valence-corrected chi connectivity index (χ4v) is 0.966. The molecule has 0 rings (SSSR count). The van der Waals surface area contributed by atoms with E-state index in [1.165, 1.54) is 7.11 Å². The Morgan fingerprint density at radius 1 is 1.47 bits per heavy atom. The molecule has 0 radical (unpaired) electrons. The Morgan fingerprint density at radius 3 is 2.67 bits per heavy atom. The topological polar surface area (TPSA) is 59.6 Å². The van der Waals surface area contributed by atoms with Gasteiger partial charge in [0.25, 0.3) is 0 Å². The van der Waals surface area contributed by atoms with Crippen LogP contribution in [-0.2, 0) is 9.47 Å². The van der Waals surface area contributed by atoms with Gasteiger partial charge in [-0.2, -0.15) is 0 Å². The molecule has 2 N–H and O–H groups in total. The number of carbonyl (C=O) groups excluding carboxylic acids is 1. The van der Waals surface area contributed by atoms with Crippen LogP contribution in [-0.4, -0.2) is 37.6 Å². The Bertz CT molecular complexity index is 210. The second-order valence-corrected chi connectivity index (χ2v) is 3.55. The molecule has 88 valence electrons. The predicted octanol–water partition coefficient (Wildman–Crippen LogP) is 1.03. The van der Waals surface area contributed by atoms with Gasteiger partial charge in [-0.3, -0.25) is 5.32 Å². The molecule has 0 aliphatic rings. The van der Waals surface area contributed by atoms with E-state index in [4.69, 9.17) is 17.0 Å². The molecular formula is C9H18N2O3S. The second kappa shape index (κ2) is 8.43. The molecule has 0 atom stereocenters. The smallest absolute Gasteiger partial charge is 0.413 e. The van der Waals surface area contributed by atoms with Crippen LogP contribution in [0.4, 0.5) is 4.79 Å². The number of alkyl carbamates (subject to hydrolysis) is 1. The van der Waals surface area contributed by atoms with Crippen molar-refractivity contribution < 1.29 is 14.3 Å². The number of nitrogens with one attached hydrogen (secondary N) is 2. The molecule has 0 spiro atoms. The summed E-state index contributed by atoms with van der Waals surface area (Å²) in [5, 5.41) is 5.48. The summed E-state index contributed by atoms with van der Waals surface area (Å²) in [5.74, 6) is 0. The molecule has 0 aliphatic carbocycles. The Hall–Kier alpha value is -0.880. The normalized spacial score (nSPS) is 9.87. The number of hydrogen-bond donors (Lipinski definition) is 2. The van der Waals surface area contributed by atoms with Gasteiger partial charge in [0.1, 0.15) is 0 Å². The molecule has 0 aromatic heterocycles. The first-order valence-corrected chi connectivity index (χ1v) is 5.21. The van der Waals surface area contributed by atoms with Crippen molar-refractivity contribution in [3.05, 3.63) is 0 Å². The van der Waals surface area contributed by atoms with Crippen molar-refractivity contribution >= 4 is 23.4 Å². The molecule has 5 nitrogen and oxygen atoms in total. The van der Waals surface area contributed by atoms with Crippen LogP contribution in [0.3, 0.4) is 0 Å². The van der Waals surface area contributed by atoms with Gasteiger partial charge in [0, 0.05) is 13.2 Å². The zero-order valence-electron chi connectivity index (χ0n) is 9.33. The van der Waals surface area contributed by atoms with Crippen molar-refractivity contribution in [2.45, 2.75) is 26.4 Å². The van der Waals surface area contributed by atoms with E-state index in [1.54, 1.807) is 0 Å². The van der Waals surface area contributed by atoms with Gasteiger partial charge in [-0.15, -0.1) is 0 Å². The maximum Gasteiger partial charge on any atom is 0.413 e. The highest BCUT2D eigenvalue weighted by molar-refractivity contribution is 7.80. The lowest BCUT2D eigenvalue weighted by atomic mass is 10.4. The largest absolute Gasteiger partial charge is 0.453 e. The van der Waals surface area contributed by atoms with Crippen molar-refractivity contribution in [2.24, 2.45) is 0 Å². The van der Waals surface area contributed by atoms with Gasteiger partial charge in [-0.25, -0.2) is 4.79 Å². The Labute approximate surface area is 95.5 Å². The van der Waals surface area contributed by atoms with E-state index in [2.05, 4.69) is 15.4 Å². The lowest BCUT2D eigenvalue weighted by Crippen LogP contribution is -2.39. The first-order chi connectivity index (χ1) is 7.06. The van der Waals surface area contributed by atoms with Crippen molar-refractivity contribution in [3.8, 4) is 0 Å². The Kier molecular flexibility index (Phi) is 7.94. The quantitative estimate of drug-likeness (QED) is 0.549. The molecular weight excluding hydrogens is 216 g/mol. The minimum atomic E-state index is -0.564. The number of carbonyl (C=O) groups is 1. The number of rotatable bonds is 5. The van der Waals surface area contributed by atoms with E-state index in [-0.39, 0.29) is 11.2 Å². The summed E-state index contributed by atoms with van der Waals surface area (Å²) < 4.78 is 9.71. The molecule has 0 saturated heterocycles. The highest BCUT2D eigenvalue weighted by Crippen LogP contribution is 1.89. The standard InChI is InChI=1S/C9H18N2O3S/c1-7(2)14-6-4-5-10-8(15)11-9(12)13-3/h7H,4-6H2,1-3H3,(H2,10,11,12,15). The highest BCUT2D eigenvalue weighted by Gasteiger charge is 2.01. The maximum atomic E-state index is 10.7. The summed E-state index contributed by atoms with van der Waals surface area (Å²) in [6, 6.07) is 0. The molecule has 0 aliphatic heterocycles. The van der Waals surface area contributed by atoms with Crippen LogP contribution in [0.2, 0.25) is 0 Å². The average molecular weight is 234 g/mol. The Morgan fingerprint density at radius 2 is 2.13 bits per heavy atom. The molecule has 0 bridgehead atoms. The van der Waals surface area contributed by atoms with Crippen LogP contribution in [0, 0.1) is 0 Å². The van der Waals surface area contributed by atoms with Crippen molar-refractivity contribution in [1.82, 2.24) is 10.6 Å². The molecule has 0 aromatic carbocycles. The molecule has 1 amide bonds. The average Bonchev–Trinajstić information content (AvgIpc) is 2.16. The van der Waals surface area contributed by atoms with Crippen molar-refractivity contribution in [3.63, 3.8) is 0 Å². The minimum absolute atomic E-state index is 0.241. The van der Waals surface area contributed by atoms with E-state index in [0.717, 1.165) is 6.42 Å². The summed E-state index contributed by atoms with van der Waals surface area (Å²) in [5.41, 5.74) is 0. The molecule has 0 fully saturated rings. The number of methoxy groups -OCH3 is 1. The molecule has 0 aromatic rings. The van der Waals surface area contributed by atoms with Gasteiger partial charge in [-0.1, -0.05) is 0 Å². The third kappa shape index (κ3) is 9.42. The third-order valence-corrected chi connectivity index (χ3v) is 1.71. The third-order valence-electron chi connectivity index (χ3n) is 1.46. The first kappa shape index (κ1) is 14.1. The monoisotopic (exact) mass is 234 g/mol. The number of amides is 1. The van der Waals surface area contributed by atoms with Crippen LogP contribution in [0.5, 0.6) is 0 Å². The maximum absolute atomic E-state index is 10.7. The highest BCUT2D eigenvalue weighted by atomic mass is 32.1. The predicted molar refractivity (Wildman–Crippen MR) is 61.8 cm³/mol. The number of ether oxygens (including phenoxy) is 2. The van der Waals surface area contributed by atoms with Gasteiger partial charge in [-0.05, 0) is 32.5 Å². The number of thiocarbonyl (C=S) groups is 1. The molecule has 0 heterocycles. The van der Waals surface area contributed by atoms with Crippen LogP contribution >= 0.6 is 12.2 Å². The van der Waals surface area contributed by atoms with Gasteiger partial charge >= 0.3 is 6.09 Å².